The quantitative estimate of drug-likeness (QED) is 0.469. The lowest BCUT2D eigenvalue weighted by atomic mass is 10.1. The molecule has 4 atom stereocenters. The molecule has 0 aliphatic carbocycles. The Morgan fingerprint density at radius 3 is 2.42 bits per heavy atom. The lowest BCUT2D eigenvalue weighted by molar-refractivity contribution is -0.0575. The molecule has 1 aromatic rings. The maximum atomic E-state index is 9.81. The molecule has 0 unspecified atom stereocenters. The second-order valence-corrected chi connectivity index (χ2v) is 4.01. The van der Waals surface area contributed by atoms with Gasteiger partial charge in [-0.2, -0.15) is 15.6 Å². The van der Waals surface area contributed by atoms with E-state index in [1.807, 2.05) is 0 Å². The smallest absolute Gasteiger partial charge is 0.182 e. The van der Waals surface area contributed by atoms with Crippen molar-refractivity contribution in [3.63, 3.8) is 0 Å². The van der Waals surface area contributed by atoms with Gasteiger partial charge in [-0.1, -0.05) is 0 Å². The van der Waals surface area contributed by atoms with Crippen LogP contribution < -0.4 is 5.73 Å². The largest absolute Gasteiger partial charge is 0.394 e. The molecule has 0 saturated carbocycles. The van der Waals surface area contributed by atoms with Gasteiger partial charge >= 0.3 is 0 Å². The zero-order valence-electron chi connectivity index (χ0n) is 9.63. The lowest BCUT2D eigenvalue weighted by Gasteiger charge is -2.16. The highest BCUT2D eigenvalue weighted by molar-refractivity contribution is 5.56. The number of aromatic nitrogens is 2. The van der Waals surface area contributed by atoms with Crippen molar-refractivity contribution in [2.24, 2.45) is 0 Å². The molecular weight excluding hydrogens is 254 g/mol. The molecule has 9 nitrogen and oxygen atoms in total. The number of nitrogens with two attached hydrogens (primary N) is 1. The van der Waals surface area contributed by atoms with Crippen LogP contribution in [0.4, 0.5) is 5.82 Å². The number of ether oxygens (including phenoxy) is 1. The third kappa shape index (κ3) is 1.91. The average molecular weight is 265 g/mol. The van der Waals surface area contributed by atoms with E-state index in [1.54, 1.807) is 12.1 Å². The van der Waals surface area contributed by atoms with Gasteiger partial charge in [0.05, 0.1) is 6.61 Å². The van der Waals surface area contributed by atoms with Crippen molar-refractivity contribution in [3.8, 4) is 12.1 Å². The zero-order valence-corrected chi connectivity index (χ0v) is 9.63. The first-order valence-corrected chi connectivity index (χ1v) is 5.35. The number of aliphatic hydroxyl groups excluding tert-OH is 3. The SMILES string of the molecule is N#Cc1nn([C@H]2O[C@@H](CO)[C@H](O)[C@@H]2O)c(N)c1C#N. The minimum absolute atomic E-state index is 0.125. The van der Waals surface area contributed by atoms with Gasteiger partial charge in [0.1, 0.15) is 41.8 Å². The third-order valence-electron chi connectivity index (χ3n) is 2.92. The minimum atomic E-state index is -1.38. The van der Waals surface area contributed by atoms with Crippen molar-refractivity contribution in [1.82, 2.24) is 9.78 Å². The van der Waals surface area contributed by atoms with E-state index in [4.69, 9.17) is 26.1 Å². The van der Waals surface area contributed by atoms with Crippen LogP contribution in [-0.2, 0) is 4.74 Å². The fourth-order valence-electron chi connectivity index (χ4n) is 1.91. The van der Waals surface area contributed by atoms with E-state index < -0.39 is 31.1 Å². The number of nitriles is 2. The normalized spacial score (nSPS) is 29.9. The number of aliphatic hydroxyl groups is 3. The molecule has 5 N–H and O–H groups in total. The highest BCUT2D eigenvalue weighted by atomic mass is 16.6. The van der Waals surface area contributed by atoms with Crippen LogP contribution in [0, 0.1) is 22.7 Å². The van der Waals surface area contributed by atoms with Crippen molar-refractivity contribution in [2.45, 2.75) is 24.5 Å². The number of hydrogen-bond acceptors (Lipinski definition) is 8. The molecule has 9 heteroatoms. The van der Waals surface area contributed by atoms with Crippen molar-refractivity contribution in [1.29, 1.82) is 10.5 Å². The van der Waals surface area contributed by atoms with Crippen molar-refractivity contribution in [2.75, 3.05) is 12.3 Å². The molecule has 19 heavy (non-hydrogen) atoms. The van der Waals surface area contributed by atoms with E-state index in [1.165, 1.54) is 0 Å². The van der Waals surface area contributed by atoms with Crippen LogP contribution in [0.2, 0.25) is 0 Å². The predicted octanol–water partition coefficient (Wildman–Crippen LogP) is -2.18. The Morgan fingerprint density at radius 2 is 2.00 bits per heavy atom. The Kier molecular flexibility index (Phi) is 3.38. The topological polar surface area (TPSA) is 161 Å². The Balaban J connectivity index is 2.42. The highest BCUT2D eigenvalue weighted by Crippen LogP contribution is 2.32. The van der Waals surface area contributed by atoms with Crippen LogP contribution >= 0.6 is 0 Å². The number of rotatable bonds is 2. The number of hydrogen-bond donors (Lipinski definition) is 4. The van der Waals surface area contributed by atoms with E-state index in [0.717, 1.165) is 4.68 Å². The van der Waals surface area contributed by atoms with Crippen molar-refractivity contribution in [3.05, 3.63) is 11.3 Å². The van der Waals surface area contributed by atoms with E-state index >= 15 is 0 Å². The van der Waals surface area contributed by atoms with Gasteiger partial charge in [-0.3, -0.25) is 0 Å². The molecule has 0 aromatic carbocycles. The van der Waals surface area contributed by atoms with Gasteiger partial charge in [0.2, 0.25) is 0 Å². The van der Waals surface area contributed by atoms with Crippen LogP contribution in [0.3, 0.4) is 0 Å². The standard InChI is InChI=1S/C10H11N5O4/c11-1-4-5(2-12)14-15(9(4)13)10-8(18)7(17)6(3-16)19-10/h6-8,10,16-18H,3,13H2/t6-,7-,8-,10-/m0/s1. The van der Waals surface area contributed by atoms with Crippen LogP contribution in [0.5, 0.6) is 0 Å². The molecule has 0 radical (unpaired) electrons. The molecule has 2 rings (SSSR count). The summed E-state index contributed by atoms with van der Waals surface area (Å²) in [6, 6.07) is 3.43. The van der Waals surface area contributed by atoms with Crippen LogP contribution in [0.1, 0.15) is 17.5 Å². The molecule has 0 spiro atoms. The number of nitrogen functional groups attached to an aromatic ring is 1. The van der Waals surface area contributed by atoms with Crippen molar-refractivity contribution < 1.29 is 20.1 Å². The summed E-state index contributed by atoms with van der Waals surface area (Å²) in [5.74, 6) is -0.145. The summed E-state index contributed by atoms with van der Waals surface area (Å²) in [5, 5.41) is 49.9. The Morgan fingerprint density at radius 1 is 1.32 bits per heavy atom. The average Bonchev–Trinajstić information content (AvgIpc) is 2.88. The summed E-state index contributed by atoms with van der Waals surface area (Å²) in [5.41, 5.74) is 5.33. The predicted molar refractivity (Wildman–Crippen MR) is 59.1 cm³/mol. The second kappa shape index (κ2) is 4.84. The van der Waals surface area contributed by atoms with Crippen LogP contribution in [0.25, 0.3) is 0 Å². The van der Waals surface area contributed by atoms with E-state index in [0.29, 0.717) is 0 Å². The van der Waals surface area contributed by atoms with Crippen LogP contribution in [0.15, 0.2) is 0 Å². The maximum absolute atomic E-state index is 9.81. The first-order valence-electron chi connectivity index (χ1n) is 5.35. The van der Waals surface area contributed by atoms with Gasteiger partial charge in [0, 0.05) is 0 Å². The summed E-state index contributed by atoms with van der Waals surface area (Å²) in [4.78, 5) is 0. The fraction of sp³-hybridized carbons (Fsp3) is 0.500. The van der Waals surface area contributed by atoms with Gasteiger partial charge < -0.3 is 25.8 Å². The molecule has 1 aliphatic rings. The summed E-state index contributed by atoms with van der Waals surface area (Å²) in [6.07, 6.45) is -4.84. The van der Waals surface area contributed by atoms with E-state index in [2.05, 4.69) is 5.10 Å². The Hall–Kier alpha value is -2.17. The molecule has 2 heterocycles. The van der Waals surface area contributed by atoms with Crippen molar-refractivity contribution >= 4 is 5.82 Å². The first-order chi connectivity index (χ1) is 9.04. The van der Waals surface area contributed by atoms with Gasteiger partial charge in [-0.15, -0.1) is 0 Å². The third-order valence-corrected chi connectivity index (χ3v) is 2.92. The summed E-state index contributed by atoms with van der Waals surface area (Å²) >= 11 is 0. The molecule has 1 aliphatic heterocycles. The van der Waals surface area contributed by atoms with Gasteiger partial charge in [-0.25, -0.2) is 4.68 Å². The molecule has 1 fully saturated rings. The molecule has 0 bridgehead atoms. The van der Waals surface area contributed by atoms with Gasteiger partial charge in [0.15, 0.2) is 11.9 Å². The molecule has 0 amide bonds. The summed E-state index contributed by atoms with van der Waals surface area (Å²) in [6.45, 7) is -0.494. The Bertz CT molecular complexity index is 572. The number of nitrogens with zero attached hydrogens (tertiary/aromatic N) is 4. The monoisotopic (exact) mass is 265 g/mol. The maximum Gasteiger partial charge on any atom is 0.182 e. The molecular formula is C10H11N5O4. The lowest BCUT2D eigenvalue weighted by Crippen LogP contribution is -2.33. The zero-order chi connectivity index (χ0) is 14.2. The molecule has 1 saturated heterocycles. The minimum Gasteiger partial charge on any atom is -0.394 e. The molecule has 1 aromatic heterocycles. The van der Waals surface area contributed by atoms with E-state index in [-0.39, 0.29) is 17.1 Å². The molecule has 100 valence electrons. The number of anilines is 1. The summed E-state index contributed by atoms with van der Waals surface area (Å²) < 4.78 is 6.17. The second-order valence-electron chi connectivity index (χ2n) is 4.01. The highest BCUT2D eigenvalue weighted by Gasteiger charge is 2.44. The van der Waals surface area contributed by atoms with Gasteiger partial charge in [0.25, 0.3) is 0 Å². The van der Waals surface area contributed by atoms with E-state index in [9.17, 15) is 10.2 Å². The van der Waals surface area contributed by atoms with Gasteiger partial charge in [-0.05, 0) is 0 Å². The fourth-order valence-corrected chi connectivity index (χ4v) is 1.91. The summed E-state index contributed by atoms with van der Waals surface area (Å²) in [7, 11) is 0. The van der Waals surface area contributed by atoms with Crippen LogP contribution in [-0.4, -0.2) is 50.0 Å². The Labute approximate surface area is 107 Å². The first kappa shape index (κ1) is 13.3.